The third kappa shape index (κ3) is 2.97. The van der Waals surface area contributed by atoms with Gasteiger partial charge in [-0.15, -0.1) is 0 Å². The average Bonchev–Trinajstić information content (AvgIpc) is 3.01. The Morgan fingerprint density at radius 1 is 1.24 bits per heavy atom. The van der Waals surface area contributed by atoms with Crippen LogP contribution in [0.2, 0.25) is 0 Å². The molecule has 3 rings (SSSR count). The summed E-state index contributed by atoms with van der Waals surface area (Å²) >= 11 is 0. The van der Waals surface area contributed by atoms with E-state index in [0.29, 0.717) is 12.2 Å². The normalized spacial score (nSPS) is 10.9. The molecule has 0 amide bonds. The van der Waals surface area contributed by atoms with Gasteiger partial charge in [0, 0.05) is 25.5 Å². The topological polar surface area (TPSA) is 96.6 Å². The lowest BCUT2D eigenvalue weighted by Crippen LogP contribution is -2.27. The van der Waals surface area contributed by atoms with E-state index >= 15 is 0 Å². The standard InChI is InChI=1S/C14H17N7/c15-4-2-6-21(8-11-3-1-5-16-7-11)14-12-13(18-9-17-12)19-10-20-14/h1,3,5,7,9-10H,2,4,6,8,15H2,(H,17,18,19,20). The van der Waals surface area contributed by atoms with E-state index < -0.39 is 0 Å². The maximum absolute atomic E-state index is 5.65. The minimum absolute atomic E-state index is 0.640. The number of nitrogens with zero attached hydrogens (tertiary/aromatic N) is 5. The highest BCUT2D eigenvalue weighted by molar-refractivity contribution is 5.82. The maximum Gasteiger partial charge on any atom is 0.182 e. The number of anilines is 1. The first kappa shape index (κ1) is 13.4. The zero-order valence-corrected chi connectivity index (χ0v) is 11.6. The molecule has 0 aliphatic carbocycles. The van der Waals surface area contributed by atoms with Gasteiger partial charge in [-0.25, -0.2) is 15.0 Å². The van der Waals surface area contributed by atoms with Gasteiger partial charge in [0.1, 0.15) is 11.8 Å². The number of hydrogen-bond donors (Lipinski definition) is 2. The summed E-state index contributed by atoms with van der Waals surface area (Å²) in [5, 5.41) is 0. The van der Waals surface area contributed by atoms with Crippen molar-refractivity contribution >= 4 is 17.0 Å². The molecule has 0 aromatic carbocycles. The lowest BCUT2D eigenvalue weighted by atomic mass is 10.2. The number of fused-ring (bicyclic) bond motifs is 1. The molecule has 21 heavy (non-hydrogen) atoms. The van der Waals surface area contributed by atoms with Crippen molar-refractivity contribution < 1.29 is 0 Å². The lowest BCUT2D eigenvalue weighted by Gasteiger charge is -2.23. The minimum Gasteiger partial charge on any atom is -0.350 e. The third-order valence-electron chi connectivity index (χ3n) is 3.23. The summed E-state index contributed by atoms with van der Waals surface area (Å²) in [7, 11) is 0. The van der Waals surface area contributed by atoms with Crippen molar-refractivity contribution in [1.82, 2.24) is 24.9 Å². The van der Waals surface area contributed by atoms with Gasteiger partial charge >= 0.3 is 0 Å². The fourth-order valence-corrected chi connectivity index (χ4v) is 2.25. The number of aromatic amines is 1. The van der Waals surface area contributed by atoms with Crippen molar-refractivity contribution in [3.8, 4) is 0 Å². The predicted molar refractivity (Wildman–Crippen MR) is 80.6 cm³/mol. The van der Waals surface area contributed by atoms with E-state index in [2.05, 4.69) is 29.8 Å². The molecule has 0 fully saturated rings. The van der Waals surface area contributed by atoms with Crippen LogP contribution in [-0.2, 0) is 6.54 Å². The fourth-order valence-electron chi connectivity index (χ4n) is 2.25. The van der Waals surface area contributed by atoms with E-state index in [9.17, 15) is 0 Å². The van der Waals surface area contributed by atoms with E-state index in [0.717, 1.165) is 36.4 Å². The van der Waals surface area contributed by atoms with Gasteiger partial charge < -0.3 is 15.6 Å². The number of pyridine rings is 1. The highest BCUT2D eigenvalue weighted by Crippen LogP contribution is 2.21. The Bertz CT molecular complexity index is 695. The first-order valence-corrected chi connectivity index (χ1v) is 6.86. The second-order valence-electron chi connectivity index (χ2n) is 4.72. The molecular weight excluding hydrogens is 266 g/mol. The van der Waals surface area contributed by atoms with E-state index in [1.54, 1.807) is 12.5 Å². The van der Waals surface area contributed by atoms with Crippen LogP contribution < -0.4 is 10.6 Å². The molecule has 0 aliphatic rings. The van der Waals surface area contributed by atoms with Gasteiger partial charge in [-0.3, -0.25) is 4.98 Å². The molecular formula is C14H17N7. The number of aromatic nitrogens is 5. The molecule has 0 radical (unpaired) electrons. The average molecular weight is 283 g/mol. The highest BCUT2D eigenvalue weighted by atomic mass is 15.2. The predicted octanol–water partition coefficient (Wildman–Crippen LogP) is 1.10. The Hall–Kier alpha value is -2.54. The van der Waals surface area contributed by atoms with Gasteiger partial charge in [-0.2, -0.15) is 0 Å². The van der Waals surface area contributed by atoms with Crippen LogP contribution in [0.4, 0.5) is 5.82 Å². The highest BCUT2D eigenvalue weighted by Gasteiger charge is 2.14. The molecule has 0 saturated heterocycles. The smallest absolute Gasteiger partial charge is 0.182 e. The van der Waals surface area contributed by atoms with Crippen LogP contribution in [0.3, 0.4) is 0 Å². The summed E-state index contributed by atoms with van der Waals surface area (Å²) in [5.74, 6) is 0.842. The van der Waals surface area contributed by atoms with Crippen molar-refractivity contribution in [2.75, 3.05) is 18.0 Å². The van der Waals surface area contributed by atoms with Crippen LogP contribution in [0.15, 0.2) is 37.2 Å². The van der Waals surface area contributed by atoms with Gasteiger partial charge in [-0.1, -0.05) is 6.07 Å². The first-order valence-electron chi connectivity index (χ1n) is 6.86. The van der Waals surface area contributed by atoms with Crippen molar-refractivity contribution in [3.63, 3.8) is 0 Å². The maximum atomic E-state index is 5.65. The zero-order chi connectivity index (χ0) is 14.5. The quantitative estimate of drug-likeness (QED) is 0.703. The summed E-state index contributed by atoms with van der Waals surface area (Å²) < 4.78 is 0. The molecule has 3 aromatic heterocycles. The second-order valence-corrected chi connectivity index (χ2v) is 4.72. The number of H-pyrrole nitrogens is 1. The minimum atomic E-state index is 0.640. The van der Waals surface area contributed by atoms with Crippen LogP contribution in [0.1, 0.15) is 12.0 Å². The number of nitrogens with one attached hydrogen (secondary N) is 1. The molecule has 3 heterocycles. The summed E-state index contributed by atoms with van der Waals surface area (Å²) in [6, 6.07) is 3.98. The van der Waals surface area contributed by atoms with E-state index in [1.165, 1.54) is 6.33 Å². The van der Waals surface area contributed by atoms with Gasteiger partial charge in [0.2, 0.25) is 0 Å². The van der Waals surface area contributed by atoms with Crippen molar-refractivity contribution in [2.45, 2.75) is 13.0 Å². The molecule has 0 spiro atoms. The Morgan fingerprint density at radius 2 is 2.19 bits per heavy atom. The monoisotopic (exact) mass is 283 g/mol. The van der Waals surface area contributed by atoms with E-state index in [1.807, 2.05) is 18.3 Å². The van der Waals surface area contributed by atoms with Gasteiger partial charge in [0.05, 0.1) is 6.33 Å². The molecule has 0 saturated carbocycles. The largest absolute Gasteiger partial charge is 0.350 e. The van der Waals surface area contributed by atoms with Gasteiger partial charge in [0.15, 0.2) is 11.5 Å². The first-order chi connectivity index (χ1) is 10.4. The van der Waals surface area contributed by atoms with Crippen molar-refractivity contribution in [1.29, 1.82) is 0 Å². The SMILES string of the molecule is NCCCN(Cc1cccnc1)c1ncnc2nc[nH]c12. The number of hydrogen-bond acceptors (Lipinski definition) is 6. The molecule has 0 atom stereocenters. The summed E-state index contributed by atoms with van der Waals surface area (Å²) in [5.41, 5.74) is 8.29. The summed E-state index contributed by atoms with van der Waals surface area (Å²) in [6.45, 7) is 2.18. The number of imidazole rings is 1. The van der Waals surface area contributed by atoms with Crippen LogP contribution in [0, 0.1) is 0 Å². The zero-order valence-electron chi connectivity index (χ0n) is 11.6. The van der Waals surface area contributed by atoms with Gasteiger partial charge in [-0.05, 0) is 24.6 Å². The number of nitrogens with two attached hydrogens (primary N) is 1. The van der Waals surface area contributed by atoms with Crippen LogP contribution in [0.5, 0.6) is 0 Å². The number of rotatable bonds is 6. The Kier molecular flexibility index (Phi) is 4.02. The molecule has 108 valence electrons. The van der Waals surface area contributed by atoms with E-state index in [4.69, 9.17) is 5.73 Å². The second kappa shape index (κ2) is 6.27. The Morgan fingerprint density at radius 3 is 3.00 bits per heavy atom. The third-order valence-corrected chi connectivity index (χ3v) is 3.23. The van der Waals surface area contributed by atoms with Crippen LogP contribution in [0.25, 0.3) is 11.2 Å². The molecule has 7 heteroatoms. The lowest BCUT2D eigenvalue weighted by molar-refractivity contribution is 0.726. The van der Waals surface area contributed by atoms with Crippen molar-refractivity contribution in [2.24, 2.45) is 5.73 Å². The molecule has 0 unspecified atom stereocenters. The Balaban J connectivity index is 1.93. The molecule has 7 nitrogen and oxygen atoms in total. The van der Waals surface area contributed by atoms with E-state index in [-0.39, 0.29) is 0 Å². The summed E-state index contributed by atoms with van der Waals surface area (Å²) in [4.78, 5) is 22.2. The van der Waals surface area contributed by atoms with Crippen LogP contribution in [-0.4, -0.2) is 38.0 Å². The van der Waals surface area contributed by atoms with Crippen molar-refractivity contribution in [3.05, 3.63) is 42.7 Å². The van der Waals surface area contributed by atoms with Gasteiger partial charge in [0.25, 0.3) is 0 Å². The summed E-state index contributed by atoms with van der Waals surface area (Å²) in [6.07, 6.45) is 7.69. The molecule has 3 aromatic rings. The van der Waals surface area contributed by atoms with Crippen LogP contribution >= 0.6 is 0 Å². The molecule has 0 aliphatic heterocycles. The fraction of sp³-hybridized carbons (Fsp3) is 0.286. The molecule has 3 N–H and O–H groups in total. The Labute approximate surface area is 122 Å². The molecule has 0 bridgehead atoms.